The van der Waals surface area contributed by atoms with Gasteiger partial charge in [0.05, 0.1) is 9.83 Å². The number of ether oxygens (including phenoxy) is 1. The van der Waals surface area contributed by atoms with E-state index in [1.807, 2.05) is 12.1 Å². The molecule has 2 nitrogen and oxygen atoms in total. The van der Waals surface area contributed by atoms with Gasteiger partial charge in [0, 0.05) is 17.0 Å². The average molecular weight is 338 g/mol. The molecular formula is C15H16BrNOS. The van der Waals surface area contributed by atoms with Crippen LogP contribution in [-0.2, 0) is 6.54 Å². The highest BCUT2D eigenvalue weighted by Gasteiger charge is 2.40. The Balaban J connectivity index is 1.79. The van der Waals surface area contributed by atoms with Gasteiger partial charge >= 0.3 is 0 Å². The van der Waals surface area contributed by atoms with Crippen LogP contribution in [0.25, 0.3) is 0 Å². The van der Waals surface area contributed by atoms with Gasteiger partial charge < -0.3 is 10.1 Å². The molecule has 3 rings (SSSR count). The second-order valence-electron chi connectivity index (χ2n) is 5.26. The van der Waals surface area contributed by atoms with Crippen LogP contribution < -0.4 is 10.1 Å². The standard InChI is InChI=1S/C15H16BrNOS/c1-15(2)14(11-5-3-4-6-12(11)18-15)17-9-10-7-8-13(16)19-10/h3-8,14,17H,9H2,1-2H3. The van der Waals surface area contributed by atoms with E-state index in [2.05, 4.69) is 59.4 Å². The van der Waals surface area contributed by atoms with Crippen LogP contribution in [-0.4, -0.2) is 5.60 Å². The molecule has 0 spiro atoms. The third-order valence-electron chi connectivity index (χ3n) is 3.41. The van der Waals surface area contributed by atoms with Crippen molar-refractivity contribution in [1.82, 2.24) is 5.32 Å². The molecule has 1 atom stereocenters. The number of para-hydroxylation sites is 1. The van der Waals surface area contributed by atoms with Crippen molar-refractivity contribution in [3.63, 3.8) is 0 Å². The summed E-state index contributed by atoms with van der Waals surface area (Å²) < 4.78 is 7.20. The minimum atomic E-state index is -0.210. The lowest BCUT2D eigenvalue weighted by molar-refractivity contribution is 0.0959. The fourth-order valence-electron chi connectivity index (χ4n) is 2.53. The van der Waals surface area contributed by atoms with Crippen LogP contribution in [0.1, 0.15) is 30.3 Å². The molecule has 0 fully saturated rings. The van der Waals surface area contributed by atoms with E-state index in [0.29, 0.717) is 0 Å². The first-order valence-electron chi connectivity index (χ1n) is 6.32. The van der Waals surface area contributed by atoms with Crippen molar-refractivity contribution in [2.24, 2.45) is 0 Å². The van der Waals surface area contributed by atoms with Gasteiger partial charge in [-0.05, 0) is 48.0 Å². The first kappa shape index (κ1) is 13.2. The fourth-order valence-corrected chi connectivity index (χ4v) is 3.97. The Labute approximate surface area is 125 Å². The quantitative estimate of drug-likeness (QED) is 0.889. The van der Waals surface area contributed by atoms with Crippen LogP contribution in [0.3, 0.4) is 0 Å². The molecule has 1 N–H and O–H groups in total. The van der Waals surface area contributed by atoms with Gasteiger partial charge in [-0.1, -0.05) is 18.2 Å². The summed E-state index contributed by atoms with van der Waals surface area (Å²) >= 11 is 5.27. The number of thiophene rings is 1. The summed E-state index contributed by atoms with van der Waals surface area (Å²) in [5.74, 6) is 0.998. The molecular weight excluding hydrogens is 322 g/mol. The molecule has 0 aliphatic carbocycles. The topological polar surface area (TPSA) is 21.3 Å². The van der Waals surface area contributed by atoms with E-state index < -0.39 is 0 Å². The van der Waals surface area contributed by atoms with Gasteiger partial charge in [-0.25, -0.2) is 0 Å². The maximum atomic E-state index is 6.03. The number of halogens is 1. The van der Waals surface area contributed by atoms with Crippen LogP contribution in [0.2, 0.25) is 0 Å². The summed E-state index contributed by atoms with van der Waals surface area (Å²) in [6.45, 7) is 5.13. The highest BCUT2D eigenvalue weighted by molar-refractivity contribution is 9.11. The van der Waals surface area contributed by atoms with Gasteiger partial charge in [-0.15, -0.1) is 11.3 Å². The molecule has 2 heterocycles. The Morgan fingerprint density at radius 2 is 2.05 bits per heavy atom. The summed E-state index contributed by atoms with van der Waals surface area (Å²) in [6, 6.07) is 12.7. The molecule has 1 unspecified atom stereocenters. The zero-order valence-electron chi connectivity index (χ0n) is 10.9. The molecule has 1 aromatic heterocycles. The molecule has 100 valence electrons. The Kier molecular flexibility index (Phi) is 3.41. The van der Waals surface area contributed by atoms with Gasteiger partial charge in [0.1, 0.15) is 11.4 Å². The highest BCUT2D eigenvalue weighted by Crippen LogP contribution is 2.42. The zero-order valence-corrected chi connectivity index (χ0v) is 13.3. The Morgan fingerprint density at radius 3 is 2.79 bits per heavy atom. The van der Waals surface area contributed by atoms with Gasteiger partial charge in [0.25, 0.3) is 0 Å². The molecule has 4 heteroatoms. The monoisotopic (exact) mass is 337 g/mol. The molecule has 1 aliphatic heterocycles. The average Bonchev–Trinajstić information content (AvgIpc) is 2.87. The van der Waals surface area contributed by atoms with Crippen molar-refractivity contribution in [2.75, 3.05) is 0 Å². The van der Waals surface area contributed by atoms with Crippen molar-refractivity contribution in [3.8, 4) is 5.75 Å². The van der Waals surface area contributed by atoms with E-state index >= 15 is 0 Å². The lowest BCUT2D eigenvalue weighted by Crippen LogP contribution is -2.38. The largest absolute Gasteiger partial charge is 0.486 e. The lowest BCUT2D eigenvalue weighted by Gasteiger charge is -2.27. The second-order valence-corrected chi connectivity index (χ2v) is 7.81. The Bertz CT molecular complexity index is 593. The van der Waals surface area contributed by atoms with Gasteiger partial charge in [-0.2, -0.15) is 0 Å². The molecule has 0 radical (unpaired) electrons. The van der Waals surface area contributed by atoms with Crippen LogP contribution in [0.4, 0.5) is 0 Å². The smallest absolute Gasteiger partial charge is 0.125 e. The number of nitrogens with one attached hydrogen (secondary N) is 1. The summed E-state index contributed by atoms with van der Waals surface area (Å²) in [5.41, 5.74) is 1.04. The molecule has 1 aliphatic rings. The number of rotatable bonds is 3. The number of benzene rings is 1. The fraction of sp³-hybridized carbons (Fsp3) is 0.333. The van der Waals surface area contributed by atoms with E-state index in [1.54, 1.807) is 11.3 Å². The first-order chi connectivity index (χ1) is 9.06. The molecule has 0 saturated heterocycles. The summed E-state index contributed by atoms with van der Waals surface area (Å²) in [7, 11) is 0. The van der Waals surface area contributed by atoms with Crippen molar-refractivity contribution >= 4 is 27.3 Å². The third kappa shape index (κ3) is 2.57. The van der Waals surface area contributed by atoms with E-state index in [1.165, 1.54) is 14.2 Å². The Hall–Kier alpha value is -0.840. The van der Waals surface area contributed by atoms with E-state index in [-0.39, 0.29) is 11.6 Å². The predicted octanol–water partition coefficient (Wildman–Crippen LogP) is 4.51. The van der Waals surface area contributed by atoms with E-state index in [4.69, 9.17) is 4.74 Å². The number of fused-ring (bicyclic) bond motifs is 1. The minimum Gasteiger partial charge on any atom is -0.486 e. The normalized spacial score (nSPS) is 20.1. The van der Waals surface area contributed by atoms with E-state index in [0.717, 1.165) is 12.3 Å². The van der Waals surface area contributed by atoms with Crippen molar-refractivity contribution < 1.29 is 4.74 Å². The van der Waals surface area contributed by atoms with Crippen molar-refractivity contribution in [1.29, 1.82) is 0 Å². The van der Waals surface area contributed by atoms with Gasteiger partial charge in [0.2, 0.25) is 0 Å². The third-order valence-corrected chi connectivity index (χ3v) is 5.03. The molecule has 0 saturated carbocycles. The zero-order chi connectivity index (χ0) is 13.5. The number of hydrogen-bond acceptors (Lipinski definition) is 3. The van der Waals surface area contributed by atoms with Crippen LogP contribution >= 0.6 is 27.3 Å². The molecule has 1 aromatic carbocycles. The van der Waals surface area contributed by atoms with Crippen molar-refractivity contribution in [2.45, 2.75) is 32.0 Å². The molecule has 19 heavy (non-hydrogen) atoms. The summed E-state index contributed by atoms with van der Waals surface area (Å²) in [5, 5.41) is 3.62. The van der Waals surface area contributed by atoms with Gasteiger partial charge in [-0.3, -0.25) is 0 Å². The maximum Gasteiger partial charge on any atom is 0.125 e. The van der Waals surface area contributed by atoms with Crippen LogP contribution in [0, 0.1) is 0 Å². The summed E-state index contributed by atoms with van der Waals surface area (Å²) in [4.78, 5) is 1.33. The summed E-state index contributed by atoms with van der Waals surface area (Å²) in [6.07, 6.45) is 0. The SMILES string of the molecule is CC1(C)Oc2ccccc2C1NCc1ccc(Br)s1. The molecule has 0 amide bonds. The molecule has 2 aromatic rings. The van der Waals surface area contributed by atoms with Gasteiger partial charge in [0.15, 0.2) is 0 Å². The Morgan fingerprint density at radius 1 is 1.26 bits per heavy atom. The van der Waals surface area contributed by atoms with E-state index in [9.17, 15) is 0 Å². The predicted molar refractivity (Wildman–Crippen MR) is 82.7 cm³/mol. The maximum absolute atomic E-state index is 6.03. The first-order valence-corrected chi connectivity index (χ1v) is 7.93. The molecule has 0 bridgehead atoms. The van der Waals surface area contributed by atoms with Crippen molar-refractivity contribution in [3.05, 3.63) is 50.6 Å². The van der Waals surface area contributed by atoms with Crippen LogP contribution in [0.15, 0.2) is 40.2 Å². The second kappa shape index (κ2) is 4.93. The number of hydrogen-bond donors (Lipinski definition) is 1. The highest BCUT2D eigenvalue weighted by atomic mass is 79.9. The lowest BCUT2D eigenvalue weighted by atomic mass is 9.94. The minimum absolute atomic E-state index is 0.210. The van der Waals surface area contributed by atoms with Crippen LogP contribution in [0.5, 0.6) is 5.75 Å².